The standard InChI is InChI=1S/C13H13F3N2O3/c14-13(15,16)8-21-7-12(19)18-6-5-10(17-20)9-3-1-2-4-11(9)18/h1-4,20H,5-8H2/b17-10-. The third-order valence-corrected chi connectivity index (χ3v) is 2.99. The molecule has 1 N–H and O–H groups in total. The van der Waals surface area contributed by atoms with Crippen LogP contribution in [0.25, 0.3) is 0 Å². The number of hydrogen-bond donors (Lipinski definition) is 1. The fourth-order valence-electron chi connectivity index (χ4n) is 2.12. The number of hydrogen-bond acceptors (Lipinski definition) is 4. The second-order valence-corrected chi connectivity index (χ2v) is 4.47. The van der Waals surface area contributed by atoms with Crippen molar-refractivity contribution in [3.05, 3.63) is 29.8 Å². The molecule has 2 rings (SSSR count). The summed E-state index contributed by atoms with van der Waals surface area (Å²) in [6.07, 6.45) is -4.14. The number of carbonyl (C=O) groups is 1. The van der Waals surface area contributed by atoms with Crippen molar-refractivity contribution in [1.82, 2.24) is 0 Å². The molecule has 8 heteroatoms. The lowest BCUT2D eigenvalue weighted by Gasteiger charge is -2.29. The van der Waals surface area contributed by atoms with Crippen molar-refractivity contribution in [1.29, 1.82) is 0 Å². The molecule has 0 bridgehead atoms. The summed E-state index contributed by atoms with van der Waals surface area (Å²) in [5, 5.41) is 12.1. The number of oxime groups is 1. The number of fused-ring (bicyclic) bond motifs is 1. The first-order chi connectivity index (χ1) is 9.92. The van der Waals surface area contributed by atoms with Crippen LogP contribution < -0.4 is 4.90 Å². The third kappa shape index (κ3) is 3.72. The van der Waals surface area contributed by atoms with Crippen LogP contribution >= 0.6 is 0 Å². The summed E-state index contributed by atoms with van der Waals surface area (Å²) in [5.41, 5.74) is 1.51. The van der Waals surface area contributed by atoms with Gasteiger partial charge in [0.25, 0.3) is 5.91 Å². The quantitative estimate of drug-likeness (QED) is 0.687. The Morgan fingerprint density at radius 1 is 1.38 bits per heavy atom. The summed E-state index contributed by atoms with van der Waals surface area (Å²) in [6, 6.07) is 6.73. The smallest absolute Gasteiger partial charge is 0.411 e. The Hall–Kier alpha value is -2.09. The highest BCUT2D eigenvalue weighted by Crippen LogP contribution is 2.27. The van der Waals surface area contributed by atoms with Crippen molar-refractivity contribution in [3.8, 4) is 0 Å². The number of anilines is 1. The second kappa shape index (κ2) is 6.13. The maximum absolute atomic E-state index is 12.0. The molecule has 1 aliphatic heterocycles. The van der Waals surface area contributed by atoms with Gasteiger partial charge in [0.1, 0.15) is 13.2 Å². The van der Waals surface area contributed by atoms with Gasteiger partial charge < -0.3 is 14.8 Å². The zero-order valence-electron chi connectivity index (χ0n) is 10.9. The Labute approximate surface area is 118 Å². The van der Waals surface area contributed by atoms with Crippen LogP contribution in [-0.4, -0.2) is 42.8 Å². The molecule has 0 saturated heterocycles. The number of amides is 1. The van der Waals surface area contributed by atoms with E-state index in [0.29, 0.717) is 23.4 Å². The highest BCUT2D eigenvalue weighted by molar-refractivity contribution is 6.11. The SMILES string of the molecule is O=C(COCC(F)(F)F)N1CC/C(=N/O)c2ccccc21. The first-order valence-electron chi connectivity index (χ1n) is 6.17. The Balaban J connectivity index is 2.09. The van der Waals surface area contributed by atoms with E-state index in [0.717, 1.165) is 0 Å². The van der Waals surface area contributed by atoms with E-state index in [-0.39, 0.29) is 6.54 Å². The summed E-state index contributed by atoms with van der Waals surface area (Å²) < 4.78 is 40.4. The molecule has 0 unspecified atom stereocenters. The Kier molecular flexibility index (Phi) is 4.46. The number of alkyl halides is 3. The second-order valence-electron chi connectivity index (χ2n) is 4.47. The van der Waals surface area contributed by atoms with E-state index in [1.807, 2.05) is 0 Å². The highest BCUT2D eigenvalue weighted by Gasteiger charge is 2.30. The average molecular weight is 302 g/mol. The molecule has 0 saturated carbocycles. The van der Waals surface area contributed by atoms with E-state index >= 15 is 0 Å². The van der Waals surface area contributed by atoms with Crippen LogP contribution in [0.2, 0.25) is 0 Å². The van der Waals surface area contributed by atoms with Crippen molar-refractivity contribution < 1.29 is 27.9 Å². The lowest BCUT2D eigenvalue weighted by Crippen LogP contribution is -2.40. The fraction of sp³-hybridized carbons (Fsp3) is 0.385. The first kappa shape index (κ1) is 15.3. The number of ether oxygens (including phenoxy) is 1. The van der Waals surface area contributed by atoms with E-state index in [1.165, 1.54) is 4.90 Å². The topological polar surface area (TPSA) is 62.1 Å². The molecular weight excluding hydrogens is 289 g/mol. The van der Waals surface area contributed by atoms with Gasteiger partial charge in [0.15, 0.2) is 0 Å². The zero-order valence-corrected chi connectivity index (χ0v) is 10.9. The van der Waals surface area contributed by atoms with Gasteiger partial charge >= 0.3 is 6.18 Å². The van der Waals surface area contributed by atoms with Gasteiger partial charge in [-0.3, -0.25) is 4.79 Å². The van der Waals surface area contributed by atoms with E-state index in [4.69, 9.17) is 5.21 Å². The Morgan fingerprint density at radius 2 is 2.10 bits per heavy atom. The summed E-state index contributed by atoms with van der Waals surface area (Å²) in [4.78, 5) is 13.3. The van der Waals surface area contributed by atoms with Gasteiger partial charge in [-0.1, -0.05) is 23.4 Å². The van der Waals surface area contributed by atoms with Gasteiger partial charge in [-0.15, -0.1) is 0 Å². The van der Waals surface area contributed by atoms with Crippen molar-refractivity contribution in [3.63, 3.8) is 0 Å². The zero-order chi connectivity index (χ0) is 15.5. The summed E-state index contributed by atoms with van der Waals surface area (Å²) in [7, 11) is 0. The maximum atomic E-state index is 12.0. The number of rotatable bonds is 3. The molecular formula is C13H13F3N2O3. The lowest BCUT2D eigenvalue weighted by molar-refractivity contribution is -0.175. The molecule has 0 aromatic heterocycles. The van der Waals surface area contributed by atoms with Crippen LogP contribution in [0.3, 0.4) is 0 Å². The fourth-order valence-corrected chi connectivity index (χ4v) is 2.12. The van der Waals surface area contributed by atoms with Crippen LogP contribution in [0.4, 0.5) is 18.9 Å². The summed E-state index contributed by atoms with van der Waals surface area (Å²) in [5.74, 6) is -0.566. The molecule has 0 atom stereocenters. The molecule has 0 fully saturated rings. The Morgan fingerprint density at radius 3 is 2.76 bits per heavy atom. The molecule has 21 heavy (non-hydrogen) atoms. The molecule has 0 spiro atoms. The first-order valence-corrected chi connectivity index (χ1v) is 6.17. The van der Waals surface area contributed by atoms with E-state index in [9.17, 15) is 18.0 Å². The van der Waals surface area contributed by atoms with Gasteiger partial charge in [-0.25, -0.2) is 0 Å². The van der Waals surface area contributed by atoms with Crippen LogP contribution in [0, 0.1) is 0 Å². The largest absolute Gasteiger partial charge is 0.411 e. The van der Waals surface area contributed by atoms with Gasteiger partial charge in [-0.2, -0.15) is 13.2 Å². The van der Waals surface area contributed by atoms with E-state index in [2.05, 4.69) is 9.89 Å². The minimum absolute atomic E-state index is 0.227. The molecule has 1 amide bonds. The van der Waals surface area contributed by atoms with Gasteiger partial charge in [0, 0.05) is 18.5 Å². The monoisotopic (exact) mass is 302 g/mol. The Bertz CT molecular complexity index is 558. The van der Waals surface area contributed by atoms with Crippen LogP contribution in [0.5, 0.6) is 0 Å². The van der Waals surface area contributed by atoms with Crippen LogP contribution in [0.15, 0.2) is 29.4 Å². The molecule has 1 aromatic carbocycles. The van der Waals surface area contributed by atoms with Gasteiger partial charge in [-0.05, 0) is 6.07 Å². The summed E-state index contributed by atoms with van der Waals surface area (Å²) in [6.45, 7) is -1.89. The number of halogens is 3. The molecule has 114 valence electrons. The average Bonchev–Trinajstić information content (AvgIpc) is 2.44. The molecule has 1 aliphatic rings. The normalized spacial score (nSPS) is 16.9. The molecule has 0 aliphatic carbocycles. The van der Waals surface area contributed by atoms with Crippen molar-refractivity contribution >= 4 is 17.3 Å². The minimum Gasteiger partial charge on any atom is -0.411 e. The molecule has 1 aromatic rings. The number of nitrogens with zero attached hydrogens (tertiary/aromatic N) is 2. The minimum atomic E-state index is -4.46. The van der Waals surface area contributed by atoms with Crippen LogP contribution in [0.1, 0.15) is 12.0 Å². The van der Waals surface area contributed by atoms with Crippen molar-refractivity contribution in [2.24, 2.45) is 5.16 Å². The number of benzene rings is 1. The van der Waals surface area contributed by atoms with Crippen molar-refractivity contribution in [2.75, 3.05) is 24.7 Å². The van der Waals surface area contributed by atoms with Crippen LogP contribution in [-0.2, 0) is 9.53 Å². The predicted molar refractivity (Wildman–Crippen MR) is 68.6 cm³/mol. The maximum Gasteiger partial charge on any atom is 0.411 e. The highest BCUT2D eigenvalue weighted by atomic mass is 19.4. The third-order valence-electron chi connectivity index (χ3n) is 2.99. The summed E-state index contributed by atoms with van der Waals surface area (Å²) >= 11 is 0. The van der Waals surface area contributed by atoms with E-state index < -0.39 is 25.3 Å². The van der Waals surface area contributed by atoms with E-state index in [1.54, 1.807) is 24.3 Å². The molecule has 5 nitrogen and oxygen atoms in total. The molecule has 0 radical (unpaired) electrons. The predicted octanol–water partition coefficient (Wildman–Crippen LogP) is 2.18. The van der Waals surface area contributed by atoms with Crippen molar-refractivity contribution in [2.45, 2.75) is 12.6 Å². The number of para-hydroxylation sites is 1. The lowest BCUT2D eigenvalue weighted by atomic mass is 9.99. The van der Waals surface area contributed by atoms with Gasteiger partial charge in [0.05, 0.1) is 11.4 Å². The van der Waals surface area contributed by atoms with Gasteiger partial charge in [0.2, 0.25) is 0 Å². The molecule has 1 heterocycles. The number of carbonyl (C=O) groups excluding carboxylic acids is 1.